The Balaban J connectivity index is 1.95. The fourth-order valence-corrected chi connectivity index (χ4v) is 1.82. The van der Waals surface area contributed by atoms with E-state index in [-0.39, 0.29) is 11.5 Å². The zero-order valence-electron chi connectivity index (χ0n) is 10.3. The molecule has 1 aliphatic heterocycles. The quantitative estimate of drug-likeness (QED) is 0.791. The van der Waals surface area contributed by atoms with Crippen LogP contribution < -0.4 is 5.73 Å². The van der Waals surface area contributed by atoms with Gasteiger partial charge in [-0.2, -0.15) is 0 Å². The summed E-state index contributed by atoms with van der Waals surface area (Å²) < 4.78 is 2.11. The van der Waals surface area contributed by atoms with E-state index in [2.05, 4.69) is 40.4 Å². The number of fused-ring (bicyclic) bond motifs is 1. The second kappa shape index (κ2) is 4.14. The molecule has 0 saturated heterocycles. The van der Waals surface area contributed by atoms with Gasteiger partial charge in [-0.1, -0.05) is 20.8 Å². The van der Waals surface area contributed by atoms with Crippen LogP contribution in [0.3, 0.4) is 0 Å². The predicted molar refractivity (Wildman–Crippen MR) is 62.7 cm³/mol. The zero-order chi connectivity index (χ0) is 11.8. The third-order valence-electron chi connectivity index (χ3n) is 3.29. The summed E-state index contributed by atoms with van der Waals surface area (Å²) in [5.74, 6) is 1.05. The van der Waals surface area contributed by atoms with E-state index in [9.17, 15) is 0 Å². The number of aromatic nitrogens is 3. The average Bonchev–Trinajstić information content (AvgIpc) is 2.63. The van der Waals surface area contributed by atoms with Crippen LogP contribution in [0.1, 0.15) is 26.6 Å². The number of nitrogens with two attached hydrogens (primary N) is 1. The van der Waals surface area contributed by atoms with Crippen molar-refractivity contribution in [3.8, 4) is 0 Å². The summed E-state index contributed by atoms with van der Waals surface area (Å²) in [7, 11) is 0. The van der Waals surface area contributed by atoms with Crippen molar-refractivity contribution in [2.24, 2.45) is 11.1 Å². The molecule has 0 bridgehead atoms. The van der Waals surface area contributed by atoms with Crippen molar-refractivity contribution in [1.29, 1.82) is 0 Å². The molecule has 0 amide bonds. The van der Waals surface area contributed by atoms with Crippen molar-refractivity contribution in [1.82, 2.24) is 19.7 Å². The fourth-order valence-electron chi connectivity index (χ4n) is 1.82. The highest BCUT2D eigenvalue weighted by Gasteiger charge is 2.25. The summed E-state index contributed by atoms with van der Waals surface area (Å²) in [4.78, 5) is 2.36. The monoisotopic (exact) mass is 223 g/mol. The highest BCUT2D eigenvalue weighted by atomic mass is 15.3. The molecule has 0 fully saturated rings. The highest BCUT2D eigenvalue weighted by molar-refractivity contribution is 4.91. The van der Waals surface area contributed by atoms with Crippen molar-refractivity contribution in [2.45, 2.75) is 39.9 Å². The van der Waals surface area contributed by atoms with Crippen LogP contribution in [-0.4, -0.2) is 38.8 Å². The normalized spacial score (nSPS) is 19.5. The maximum absolute atomic E-state index is 6.19. The van der Waals surface area contributed by atoms with Gasteiger partial charge >= 0.3 is 0 Å². The van der Waals surface area contributed by atoms with Gasteiger partial charge in [-0.3, -0.25) is 4.90 Å². The smallest absolute Gasteiger partial charge is 0.147 e. The molecule has 1 aromatic rings. The van der Waals surface area contributed by atoms with Crippen LogP contribution in [0, 0.1) is 5.41 Å². The van der Waals surface area contributed by atoms with Gasteiger partial charge in [0, 0.05) is 25.7 Å². The van der Waals surface area contributed by atoms with Gasteiger partial charge in [-0.15, -0.1) is 10.2 Å². The molecule has 2 rings (SSSR count). The van der Waals surface area contributed by atoms with Crippen molar-refractivity contribution in [3.63, 3.8) is 0 Å². The van der Waals surface area contributed by atoms with Gasteiger partial charge in [0.1, 0.15) is 12.2 Å². The second-order valence-electron chi connectivity index (χ2n) is 5.65. The first-order valence-corrected chi connectivity index (χ1v) is 5.81. The molecule has 1 atom stereocenters. The van der Waals surface area contributed by atoms with E-state index in [4.69, 9.17) is 5.73 Å². The Bertz CT molecular complexity index is 352. The number of hydrogen-bond donors (Lipinski definition) is 1. The van der Waals surface area contributed by atoms with Gasteiger partial charge in [-0.25, -0.2) is 0 Å². The third-order valence-corrected chi connectivity index (χ3v) is 3.29. The fraction of sp³-hybridized carbons (Fsp3) is 0.818. The molecule has 5 nitrogen and oxygen atoms in total. The molecule has 0 aromatic carbocycles. The van der Waals surface area contributed by atoms with Gasteiger partial charge < -0.3 is 10.3 Å². The lowest BCUT2D eigenvalue weighted by Gasteiger charge is -2.34. The third kappa shape index (κ3) is 2.41. The van der Waals surface area contributed by atoms with E-state index in [0.29, 0.717) is 0 Å². The average molecular weight is 223 g/mol. The first-order chi connectivity index (χ1) is 7.47. The Morgan fingerprint density at radius 1 is 1.44 bits per heavy atom. The first-order valence-electron chi connectivity index (χ1n) is 5.81. The Labute approximate surface area is 96.6 Å². The maximum Gasteiger partial charge on any atom is 0.147 e. The van der Waals surface area contributed by atoms with E-state index >= 15 is 0 Å². The molecule has 1 aliphatic rings. The summed E-state index contributed by atoms with van der Waals surface area (Å²) in [6, 6.07) is 0.196. The molecular formula is C11H21N5. The lowest BCUT2D eigenvalue weighted by molar-refractivity contribution is 0.165. The molecule has 1 unspecified atom stereocenters. The van der Waals surface area contributed by atoms with Crippen LogP contribution in [0.2, 0.25) is 0 Å². The Hall–Kier alpha value is -0.940. The molecule has 0 radical (unpaired) electrons. The Morgan fingerprint density at radius 2 is 2.19 bits per heavy atom. The maximum atomic E-state index is 6.19. The minimum atomic E-state index is 0.158. The van der Waals surface area contributed by atoms with Crippen LogP contribution in [0.25, 0.3) is 0 Å². The van der Waals surface area contributed by atoms with Gasteiger partial charge in [0.15, 0.2) is 0 Å². The minimum absolute atomic E-state index is 0.158. The zero-order valence-corrected chi connectivity index (χ0v) is 10.3. The van der Waals surface area contributed by atoms with Crippen LogP contribution in [0.4, 0.5) is 0 Å². The van der Waals surface area contributed by atoms with E-state index in [1.165, 1.54) is 0 Å². The van der Waals surface area contributed by atoms with Gasteiger partial charge in [0.25, 0.3) is 0 Å². The Morgan fingerprint density at radius 3 is 2.88 bits per heavy atom. The van der Waals surface area contributed by atoms with Crippen LogP contribution in [0.15, 0.2) is 6.33 Å². The molecule has 2 N–H and O–H groups in total. The van der Waals surface area contributed by atoms with E-state index in [1.807, 2.05) is 0 Å². The lowest BCUT2D eigenvalue weighted by Crippen LogP contribution is -2.47. The summed E-state index contributed by atoms with van der Waals surface area (Å²) in [6.07, 6.45) is 1.80. The van der Waals surface area contributed by atoms with Crippen molar-refractivity contribution in [3.05, 3.63) is 12.2 Å². The molecule has 2 heterocycles. The molecule has 5 heteroatoms. The SMILES string of the molecule is CC(C)(C)C(N)CN1CCn2cnnc2C1. The van der Waals surface area contributed by atoms with Crippen LogP contribution in [0.5, 0.6) is 0 Å². The van der Waals surface area contributed by atoms with Crippen LogP contribution in [-0.2, 0) is 13.1 Å². The standard InChI is InChI=1S/C11H21N5/c1-11(2,3)9(12)6-15-4-5-16-8-13-14-10(16)7-15/h8-9H,4-7,12H2,1-3H3. The lowest BCUT2D eigenvalue weighted by atomic mass is 9.87. The summed E-state index contributed by atoms with van der Waals surface area (Å²) >= 11 is 0. The van der Waals surface area contributed by atoms with E-state index < -0.39 is 0 Å². The first kappa shape index (κ1) is 11.5. The summed E-state index contributed by atoms with van der Waals surface area (Å²) in [6.45, 7) is 10.4. The number of rotatable bonds is 2. The molecule has 0 saturated carbocycles. The topological polar surface area (TPSA) is 60.0 Å². The van der Waals surface area contributed by atoms with Gasteiger partial charge in [0.05, 0.1) is 6.54 Å². The minimum Gasteiger partial charge on any atom is -0.326 e. The molecule has 90 valence electrons. The van der Waals surface area contributed by atoms with Crippen molar-refractivity contribution in [2.75, 3.05) is 13.1 Å². The summed E-state index contributed by atoms with van der Waals surface area (Å²) in [5.41, 5.74) is 6.35. The van der Waals surface area contributed by atoms with Gasteiger partial charge in [-0.05, 0) is 5.41 Å². The van der Waals surface area contributed by atoms with Crippen molar-refractivity contribution >= 4 is 0 Å². The highest BCUT2D eigenvalue weighted by Crippen LogP contribution is 2.19. The van der Waals surface area contributed by atoms with Gasteiger partial charge in [0.2, 0.25) is 0 Å². The molecule has 0 aliphatic carbocycles. The Kier molecular flexibility index (Phi) is 2.99. The van der Waals surface area contributed by atoms with E-state index in [1.54, 1.807) is 6.33 Å². The van der Waals surface area contributed by atoms with E-state index in [0.717, 1.165) is 32.0 Å². The molecular weight excluding hydrogens is 202 g/mol. The number of nitrogens with zero attached hydrogens (tertiary/aromatic N) is 4. The van der Waals surface area contributed by atoms with Crippen LogP contribution >= 0.6 is 0 Å². The summed E-state index contributed by atoms with van der Waals surface area (Å²) in [5, 5.41) is 8.03. The number of hydrogen-bond acceptors (Lipinski definition) is 4. The molecule has 16 heavy (non-hydrogen) atoms. The molecule has 1 aromatic heterocycles. The second-order valence-corrected chi connectivity index (χ2v) is 5.65. The van der Waals surface area contributed by atoms with Crippen molar-refractivity contribution < 1.29 is 0 Å². The largest absolute Gasteiger partial charge is 0.326 e. The predicted octanol–water partition coefficient (Wildman–Crippen LogP) is 0.467. The molecule has 0 spiro atoms.